The van der Waals surface area contributed by atoms with Crippen LogP contribution in [-0.4, -0.2) is 44.6 Å². The van der Waals surface area contributed by atoms with Gasteiger partial charge >= 0.3 is 6.09 Å². The van der Waals surface area contributed by atoms with E-state index in [-0.39, 0.29) is 24.7 Å². The third-order valence-electron chi connectivity index (χ3n) is 5.34. The first kappa shape index (κ1) is 17.7. The third-order valence-corrected chi connectivity index (χ3v) is 5.34. The van der Waals surface area contributed by atoms with Gasteiger partial charge in [0, 0.05) is 24.4 Å². The molecular formula is C18H25F2N3O3. The van der Waals surface area contributed by atoms with Gasteiger partial charge in [-0.15, -0.1) is 0 Å². The molecule has 0 aliphatic carbocycles. The van der Waals surface area contributed by atoms with Crippen LogP contribution in [-0.2, 0) is 34.9 Å². The van der Waals surface area contributed by atoms with Gasteiger partial charge < -0.3 is 14.4 Å². The van der Waals surface area contributed by atoms with Crippen molar-refractivity contribution in [3.8, 4) is 0 Å². The highest BCUT2D eigenvalue weighted by molar-refractivity contribution is 5.69. The third kappa shape index (κ3) is 2.98. The molecule has 1 fully saturated rings. The molecule has 4 rings (SSSR count). The predicted octanol–water partition coefficient (Wildman–Crippen LogP) is 3.22. The van der Waals surface area contributed by atoms with E-state index >= 15 is 0 Å². The van der Waals surface area contributed by atoms with Crippen LogP contribution in [0.4, 0.5) is 13.6 Å². The van der Waals surface area contributed by atoms with Crippen LogP contribution in [0, 0.1) is 0 Å². The van der Waals surface area contributed by atoms with Crippen molar-refractivity contribution in [1.82, 2.24) is 14.7 Å². The summed E-state index contributed by atoms with van der Waals surface area (Å²) in [5.41, 5.74) is -0.0477. The normalized spacial score (nSPS) is 29.8. The summed E-state index contributed by atoms with van der Waals surface area (Å²) < 4.78 is 42.1. The van der Waals surface area contributed by atoms with Gasteiger partial charge in [-0.2, -0.15) is 13.9 Å². The Hall–Kier alpha value is -1.70. The van der Waals surface area contributed by atoms with Crippen molar-refractivity contribution in [2.45, 2.75) is 83.2 Å². The molecule has 1 spiro atoms. The first-order chi connectivity index (χ1) is 12.0. The number of carbonyl (C=O) groups is 1. The summed E-state index contributed by atoms with van der Waals surface area (Å²) in [5, 5.41) is 4.48. The van der Waals surface area contributed by atoms with Crippen LogP contribution >= 0.6 is 0 Å². The number of fused-ring (bicyclic) bond motifs is 3. The number of amides is 1. The molecule has 1 amide bonds. The predicted molar refractivity (Wildman–Crippen MR) is 89.0 cm³/mol. The molecule has 1 aromatic rings. The van der Waals surface area contributed by atoms with E-state index in [4.69, 9.17) is 9.47 Å². The van der Waals surface area contributed by atoms with E-state index in [0.717, 1.165) is 0 Å². The summed E-state index contributed by atoms with van der Waals surface area (Å²) in [6, 6.07) is -0.156. The van der Waals surface area contributed by atoms with Gasteiger partial charge in [-0.3, -0.25) is 4.68 Å². The SMILES string of the molecule is C[C@@H]1Cc2nn3c(c2CN1C(=O)OC(C)(C)C)C(F)(F)CC[C@]1(CO1)C3. The zero-order chi connectivity index (χ0) is 18.9. The van der Waals surface area contributed by atoms with Crippen LogP contribution in [0.3, 0.4) is 0 Å². The average Bonchev–Trinajstić information content (AvgIpc) is 3.17. The minimum absolute atomic E-state index is 0.0552. The lowest BCUT2D eigenvalue weighted by Crippen LogP contribution is -2.45. The molecule has 0 N–H and O–H groups in total. The maximum atomic E-state index is 14.9. The molecule has 8 heteroatoms. The first-order valence-corrected chi connectivity index (χ1v) is 9.10. The lowest BCUT2D eigenvalue weighted by atomic mass is 9.96. The minimum Gasteiger partial charge on any atom is -0.444 e. The molecular weight excluding hydrogens is 344 g/mol. The highest BCUT2D eigenvalue weighted by Gasteiger charge is 2.54. The first-order valence-electron chi connectivity index (χ1n) is 9.10. The number of ether oxygens (including phenoxy) is 2. The fourth-order valence-electron chi connectivity index (χ4n) is 3.88. The topological polar surface area (TPSA) is 59.9 Å². The largest absolute Gasteiger partial charge is 0.444 e. The van der Waals surface area contributed by atoms with Gasteiger partial charge in [0.05, 0.1) is 25.4 Å². The number of hydrogen-bond donors (Lipinski definition) is 0. The standard InChI is InChI=1S/C18H25F2N3O3/c1-11-7-13-12(8-22(11)15(24)26-16(2,3)4)14-18(19,20)6-5-17(10-25-17)9-23(14)21-13/h11H,5-10H2,1-4H3/t11-,17-/m1/s1. The molecule has 144 valence electrons. The molecule has 0 saturated carbocycles. The number of nitrogens with zero attached hydrogens (tertiary/aromatic N) is 3. The lowest BCUT2D eigenvalue weighted by molar-refractivity contribution is -0.0238. The number of hydrogen-bond acceptors (Lipinski definition) is 4. The Bertz CT molecular complexity index is 750. The highest BCUT2D eigenvalue weighted by Crippen LogP contribution is 2.47. The van der Waals surface area contributed by atoms with Gasteiger partial charge in [0.15, 0.2) is 0 Å². The van der Waals surface area contributed by atoms with E-state index in [0.29, 0.717) is 37.3 Å². The summed E-state index contributed by atoms with van der Waals surface area (Å²) in [6.45, 7) is 8.23. The van der Waals surface area contributed by atoms with Gasteiger partial charge in [-0.05, 0) is 34.1 Å². The summed E-state index contributed by atoms with van der Waals surface area (Å²) in [4.78, 5) is 14.1. The van der Waals surface area contributed by atoms with Crippen LogP contribution in [0.15, 0.2) is 0 Å². The molecule has 1 saturated heterocycles. The van der Waals surface area contributed by atoms with Crippen LogP contribution in [0.25, 0.3) is 0 Å². The van der Waals surface area contributed by atoms with Crippen molar-refractivity contribution in [2.75, 3.05) is 6.61 Å². The van der Waals surface area contributed by atoms with Crippen LogP contribution < -0.4 is 0 Å². The second-order valence-electron chi connectivity index (χ2n) is 8.77. The van der Waals surface area contributed by atoms with E-state index in [1.165, 1.54) is 9.58 Å². The maximum absolute atomic E-state index is 14.9. The van der Waals surface area contributed by atoms with Crippen LogP contribution in [0.1, 0.15) is 57.5 Å². The molecule has 3 aliphatic heterocycles. The Kier molecular flexibility index (Phi) is 3.68. The number of aromatic nitrogens is 2. The molecule has 0 bridgehead atoms. The number of carbonyl (C=O) groups excluding carboxylic acids is 1. The smallest absolute Gasteiger partial charge is 0.410 e. The molecule has 0 aromatic carbocycles. The molecule has 3 aliphatic rings. The van der Waals surface area contributed by atoms with Crippen molar-refractivity contribution in [3.05, 3.63) is 17.0 Å². The number of alkyl halides is 2. The fraction of sp³-hybridized carbons (Fsp3) is 0.778. The zero-order valence-electron chi connectivity index (χ0n) is 15.6. The summed E-state index contributed by atoms with van der Waals surface area (Å²) >= 11 is 0. The van der Waals surface area contributed by atoms with Gasteiger partial charge in [0.2, 0.25) is 0 Å². The zero-order valence-corrected chi connectivity index (χ0v) is 15.6. The van der Waals surface area contributed by atoms with Gasteiger partial charge in [0.25, 0.3) is 5.92 Å². The molecule has 2 atom stereocenters. The summed E-state index contributed by atoms with van der Waals surface area (Å²) in [7, 11) is 0. The Morgan fingerprint density at radius 3 is 2.65 bits per heavy atom. The van der Waals surface area contributed by atoms with Gasteiger partial charge in [-0.1, -0.05) is 0 Å². The van der Waals surface area contributed by atoms with Gasteiger partial charge in [0.1, 0.15) is 16.9 Å². The van der Waals surface area contributed by atoms with Crippen LogP contribution in [0.5, 0.6) is 0 Å². The maximum Gasteiger partial charge on any atom is 0.410 e. The average molecular weight is 369 g/mol. The monoisotopic (exact) mass is 369 g/mol. The minimum atomic E-state index is -2.98. The molecule has 6 nitrogen and oxygen atoms in total. The van der Waals surface area contributed by atoms with E-state index < -0.39 is 23.2 Å². The Morgan fingerprint density at radius 1 is 1.35 bits per heavy atom. The molecule has 1 aromatic heterocycles. The van der Waals surface area contributed by atoms with Crippen molar-refractivity contribution >= 4 is 6.09 Å². The fourth-order valence-corrected chi connectivity index (χ4v) is 3.88. The molecule has 26 heavy (non-hydrogen) atoms. The summed E-state index contributed by atoms with van der Waals surface area (Å²) in [6.07, 6.45) is 0.0326. The van der Waals surface area contributed by atoms with E-state index in [1.807, 2.05) is 6.92 Å². The van der Waals surface area contributed by atoms with Crippen molar-refractivity contribution < 1.29 is 23.0 Å². The Balaban J connectivity index is 1.68. The molecule has 0 unspecified atom stereocenters. The second-order valence-corrected chi connectivity index (χ2v) is 8.77. The Labute approximate surface area is 151 Å². The highest BCUT2D eigenvalue weighted by atomic mass is 19.3. The van der Waals surface area contributed by atoms with E-state index in [2.05, 4.69) is 5.10 Å². The van der Waals surface area contributed by atoms with E-state index in [9.17, 15) is 13.6 Å². The Morgan fingerprint density at radius 2 is 2.04 bits per heavy atom. The quantitative estimate of drug-likeness (QED) is 0.659. The van der Waals surface area contributed by atoms with Crippen molar-refractivity contribution in [3.63, 3.8) is 0 Å². The van der Waals surface area contributed by atoms with Gasteiger partial charge in [-0.25, -0.2) is 4.79 Å². The molecule has 0 radical (unpaired) electrons. The lowest BCUT2D eigenvalue weighted by Gasteiger charge is -2.35. The molecule has 4 heterocycles. The number of rotatable bonds is 0. The number of epoxide rings is 1. The second kappa shape index (κ2) is 5.41. The van der Waals surface area contributed by atoms with Crippen molar-refractivity contribution in [1.29, 1.82) is 0 Å². The van der Waals surface area contributed by atoms with Crippen LogP contribution in [0.2, 0.25) is 0 Å². The number of halogens is 2. The summed E-state index contributed by atoms with van der Waals surface area (Å²) in [5.74, 6) is -2.98. The van der Waals surface area contributed by atoms with E-state index in [1.54, 1.807) is 20.8 Å². The van der Waals surface area contributed by atoms with Crippen molar-refractivity contribution in [2.24, 2.45) is 0 Å².